The summed E-state index contributed by atoms with van der Waals surface area (Å²) in [6.45, 7) is 0.860. The Morgan fingerprint density at radius 2 is 1.76 bits per heavy atom. The largest absolute Gasteiger partial charge is 0.480 e. The van der Waals surface area contributed by atoms with Crippen molar-refractivity contribution in [1.29, 1.82) is 0 Å². The summed E-state index contributed by atoms with van der Waals surface area (Å²) in [5.41, 5.74) is 1.33. The summed E-state index contributed by atoms with van der Waals surface area (Å²) in [5.74, 6) is -0.366. The van der Waals surface area contributed by atoms with Gasteiger partial charge in [-0.2, -0.15) is 0 Å². The van der Waals surface area contributed by atoms with Crippen LogP contribution in [0, 0.1) is 5.92 Å². The molecule has 1 aliphatic heterocycles. The number of carboxylic acids is 1. The molecule has 2 saturated carbocycles. The molecule has 1 amide bonds. The van der Waals surface area contributed by atoms with Gasteiger partial charge in [0.1, 0.15) is 6.04 Å². The number of aliphatic carboxylic acids is 1. The first-order chi connectivity index (χ1) is 14.1. The average Bonchev–Trinajstić information content (AvgIpc) is 3.12. The van der Waals surface area contributed by atoms with E-state index in [0.717, 1.165) is 32.1 Å². The van der Waals surface area contributed by atoms with Gasteiger partial charge < -0.3 is 10.4 Å². The molecule has 1 aromatic carbocycles. The van der Waals surface area contributed by atoms with Gasteiger partial charge in [0.15, 0.2) is 0 Å². The monoisotopic (exact) mass is 398 g/mol. The lowest BCUT2D eigenvalue weighted by Crippen LogP contribution is -2.50. The molecule has 3 unspecified atom stereocenters. The number of fused-ring (bicyclic) bond motifs is 1. The van der Waals surface area contributed by atoms with Crippen molar-refractivity contribution in [2.45, 2.75) is 81.7 Å². The van der Waals surface area contributed by atoms with E-state index >= 15 is 0 Å². The minimum atomic E-state index is -0.778. The summed E-state index contributed by atoms with van der Waals surface area (Å²) in [7, 11) is 0. The van der Waals surface area contributed by atoms with Crippen molar-refractivity contribution in [1.82, 2.24) is 10.2 Å². The van der Waals surface area contributed by atoms with E-state index in [1.165, 1.54) is 31.2 Å². The van der Waals surface area contributed by atoms with Gasteiger partial charge in [-0.05, 0) is 43.6 Å². The number of nitrogens with one attached hydrogen (secondary N) is 1. The lowest BCUT2D eigenvalue weighted by molar-refractivity contribution is -0.143. The van der Waals surface area contributed by atoms with Crippen LogP contribution in [0.15, 0.2) is 30.3 Å². The molecule has 1 aromatic rings. The smallest absolute Gasteiger partial charge is 0.320 e. The van der Waals surface area contributed by atoms with Crippen LogP contribution in [0.5, 0.6) is 0 Å². The summed E-state index contributed by atoms with van der Waals surface area (Å²) in [4.78, 5) is 26.7. The second-order valence-corrected chi connectivity index (χ2v) is 9.36. The van der Waals surface area contributed by atoms with E-state index in [4.69, 9.17) is 0 Å². The van der Waals surface area contributed by atoms with E-state index in [2.05, 4.69) is 29.6 Å². The molecular weight excluding hydrogens is 364 g/mol. The van der Waals surface area contributed by atoms with Crippen LogP contribution in [0.1, 0.15) is 69.8 Å². The molecule has 29 heavy (non-hydrogen) atoms. The fraction of sp³-hybridized carbons (Fsp3) is 0.667. The third-order valence-corrected chi connectivity index (χ3v) is 7.65. The predicted molar refractivity (Wildman–Crippen MR) is 113 cm³/mol. The molecule has 2 N–H and O–H groups in total. The predicted octanol–water partition coefficient (Wildman–Crippen LogP) is 3.72. The Balaban J connectivity index is 1.42. The number of carbonyl (C=O) groups excluding carboxylic acids is 1. The molecule has 1 heterocycles. The summed E-state index contributed by atoms with van der Waals surface area (Å²) >= 11 is 0. The number of amides is 1. The number of benzene rings is 1. The summed E-state index contributed by atoms with van der Waals surface area (Å²) in [5, 5.41) is 12.9. The second kappa shape index (κ2) is 8.86. The van der Waals surface area contributed by atoms with Crippen LogP contribution in [0.2, 0.25) is 0 Å². The molecule has 3 fully saturated rings. The standard InChI is InChI=1S/C24H34N2O3/c27-22(16-26-20-12-6-5-9-18(20)15-21(26)23(28)29)25-17-24(13-7-2-8-14-24)19-10-3-1-4-11-19/h1,3-4,10-11,18,20-21H,2,5-9,12-17H2,(H,25,27)(H,28,29). The van der Waals surface area contributed by atoms with Gasteiger partial charge in [-0.25, -0.2) is 0 Å². The fourth-order valence-electron chi connectivity index (χ4n) is 6.10. The molecule has 4 rings (SSSR count). The van der Waals surface area contributed by atoms with Crippen molar-refractivity contribution >= 4 is 11.9 Å². The number of nitrogens with zero attached hydrogens (tertiary/aromatic N) is 1. The van der Waals surface area contributed by atoms with E-state index in [0.29, 0.717) is 18.9 Å². The van der Waals surface area contributed by atoms with Gasteiger partial charge in [-0.3, -0.25) is 14.5 Å². The second-order valence-electron chi connectivity index (χ2n) is 9.36. The molecule has 1 saturated heterocycles. The van der Waals surface area contributed by atoms with E-state index in [1.807, 2.05) is 11.0 Å². The zero-order valence-electron chi connectivity index (χ0n) is 17.3. The zero-order chi connectivity index (χ0) is 20.3. The van der Waals surface area contributed by atoms with Crippen LogP contribution in [-0.2, 0) is 15.0 Å². The number of likely N-dealkylation sites (tertiary alicyclic amines) is 1. The topological polar surface area (TPSA) is 69.6 Å². The Morgan fingerprint density at radius 1 is 1.03 bits per heavy atom. The maximum Gasteiger partial charge on any atom is 0.320 e. The third kappa shape index (κ3) is 4.35. The van der Waals surface area contributed by atoms with Crippen molar-refractivity contribution in [3.8, 4) is 0 Å². The zero-order valence-corrected chi connectivity index (χ0v) is 17.3. The highest BCUT2D eigenvalue weighted by Gasteiger charge is 2.46. The fourth-order valence-corrected chi connectivity index (χ4v) is 6.10. The van der Waals surface area contributed by atoms with E-state index in [1.54, 1.807) is 0 Å². The molecule has 5 nitrogen and oxygen atoms in total. The third-order valence-electron chi connectivity index (χ3n) is 7.65. The van der Waals surface area contributed by atoms with Crippen LogP contribution >= 0.6 is 0 Å². The van der Waals surface area contributed by atoms with Gasteiger partial charge >= 0.3 is 5.97 Å². The van der Waals surface area contributed by atoms with Crippen LogP contribution in [0.4, 0.5) is 0 Å². The van der Waals surface area contributed by atoms with E-state index in [9.17, 15) is 14.7 Å². The summed E-state index contributed by atoms with van der Waals surface area (Å²) in [6.07, 6.45) is 11.0. The molecule has 0 spiro atoms. The Kier molecular flexibility index (Phi) is 6.23. The molecule has 3 atom stereocenters. The first-order valence-corrected chi connectivity index (χ1v) is 11.4. The molecule has 0 bridgehead atoms. The molecule has 0 radical (unpaired) electrons. The Morgan fingerprint density at radius 3 is 2.48 bits per heavy atom. The highest BCUT2D eigenvalue weighted by atomic mass is 16.4. The lowest BCUT2D eigenvalue weighted by Gasteiger charge is -2.38. The quantitative estimate of drug-likeness (QED) is 0.766. The molecule has 3 aliphatic rings. The Hall–Kier alpha value is -1.88. The van der Waals surface area contributed by atoms with Gasteiger partial charge in [-0.1, -0.05) is 62.4 Å². The maximum absolute atomic E-state index is 12.9. The van der Waals surface area contributed by atoms with Crippen LogP contribution < -0.4 is 5.32 Å². The molecular formula is C24H34N2O3. The minimum Gasteiger partial charge on any atom is -0.480 e. The van der Waals surface area contributed by atoms with Crippen LogP contribution in [0.3, 0.4) is 0 Å². The first-order valence-electron chi connectivity index (χ1n) is 11.4. The van der Waals surface area contributed by atoms with Crippen molar-refractivity contribution in [2.75, 3.05) is 13.1 Å². The number of hydrogen-bond acceptors (Lipinski definition) is 3. The normalized spacial score (nSPS) is 29.2. The van der Waals surface area contributed by atoms with Crippen molar-refractivity contribution < 1.29 is 14.7 Å². The summed E-state index contributed by atoms with van der Waals surface area (Å²) in [6, 6.07) is 10.3. The van der Waals surface area contributed by atoms with Crippen LogP contribution in [0.25, 0.3) is 0 Å². The first kappa shape index (κ1) is 20.4. The van der Waals surface area contributed by atoms with Gasteiger partial charge in [-0.15, -0.1) is 0 Å². The number of rotatable bonds is 6. The highest BCUT2D eigenvalue weighted by Crippen LogP contribution is 2.40. The van der Waals surface area contributed by atoms with Gasteiger partial charge in [0.25, 0.3) is 0 Å². The number of carboxylic acid groups (broad SMARTS) is 1. The maximum atomic E-state index is 12.9. The highest BCUT2D eigenvalue weighted by molar-refractivity contribution is 5.80. The van der Waals surface area contributed by atoms with Gasteiger partial charge in [0.2, 0.25) is 5.91 Å². The summed E-state index contributed by atoms with van der Waals surface area (Å²) < 4.78 is 0. The number of hydrogen-bond donors (Lipinski definition) is 2. The molecule has 5 heteroatoms. The number of carbonyl (C=O) groups is 2. The molecule has 2 aliphatic carbocycles. The lowest BCUT2D eigenvalue weighted by atomic mass is 9.69. The minimum absolute atomic E-state index is 0.0136. The van der Waals surface area contributed by atoms with E-state index in [-0.39, 0.29) is 23.9 Å². The van der Waals surface area contributed by atoms with Gasteiger partial charge in [0, 0.05) is 18.0 Å². The Labute approximate surface area is 173 Å². The molecule has 0 aromatic heterocycles. The Bertz CT molecular complexity index is 714. The van der Waals surface area contributed by atoms with Crippen molar-refractivity contribution in [3.05, 3.63) is 35.9 Å². The van der Waals surface area contributed by atoms with E-state index < -0.39 is 12.0 Å². The van der Waals surface area contributed by atoms with Gasteiger partial charge in [0.05, 0.1) is 6.54 Å². The average molecular weight is 399 g/mol. The molecule has 158 valence electrons. The van der Waals surface area contributed by atoms with Crippen molar-refractivity contribution in [2.24, 2.45) is 5.92 Å². The van der Waals surface area contributed by atoms with Crippen molar-refractivity contribution in [3.63, 3.8) is 0 Å². The SMILES string of the molecule is O=C(CN1C(C(=O)O)CC2CCCCC21)NCC1(c2ccccc2)CCCCC1. The van der Waals surface area contributed by atoms with Crippen LogP contribution in [-0.4, -0.2) is 47.1 Å².